The van der Waals surface area contributed by atoms with Gasteiger partial charge < -0.3 is 5.32 Å². The molecule has 2 N–H and O–H groups in total. The van der Waals surface area contributed by atoms with Crippen molar-refractivity contribution in [1.29, 1.82) is 0 Å². The van der Waals surface area contributed by atoms with Gasteiger partial charge in [-0.3, -0.25) is 19.7 Å². The molecule has 12 heteroatoms. The van der Waals surface area contributed by atoms with Gasteiger partial charge in [-0.05, 0) is 24.3 Å². The van der Waals surface area contributed by atoms with Crippen LogP contribution in [0.25, 0.3) is 0 Å². The smallest absolute Gasteiger partial charge is 0.325 e. The molecule has 0 saturated carbocycles. The zero-order chi connectivity index (χ0) is 26.4. The maximum Gasteiger partial charge on any atom is 0.418 e. The quantitative estimate of drug-likeness (QED) is 0.167. The molecule has 188 valence electrons. The Labute approximate surface area is 217 Å². The molecule has 3 aromatic carbocycles. The number of amides is 2. The summed E-state index contributed by atoms with van der Waals surface area (Å²) in [7, 11) is 0. The molecule has 0 aliphatic heterocycles. The number of nitrogens with zero attached hydrogens (tertiary/aromatic N) is 2. The number of ketones is 1. The third-order valence-corrected chi connectivity index (χ3v) is 6.88. The van der Waals surface area contributed by atoms with Gasteiger partial charge in [0.15, 0.2) is 10.1 Å². The predicted molar refractivity (Wildman–Crippen MR) is 135 cm³/mol. The van der Waals surface area contributed by atoms with E-state index in [1.54, 1.807) is 36.4 Å². The summed E-state index contributed by atoms with van der Waals surface area (Å²) in [6.45, 7) is 0. The van der Waals surface area contributed by atoms with Crippen molar-refractivity contribution < 1.29 is 27.6 Å². The fraction of sp³-hybridized carbons (Fsp3) is 0.0800. The van der Waals surface area contributed by atoms with E-state index >= 15 is 0 Å². The Morgan fingerprint density at radius 1 is 0.784 bits per heavy atom. The van der Waals surface area contributed by atoms with Crippen molar-refractivity contribution in [3.05, 3.63) is 101 Å². The largest absolute Gasteiger partial charge is 0.418 e. The highest BCUT2D eigenvalue weighted by Gasteiger charge is 2.33. The summed E-state index contributed by atoms with van der Waals surface area (Å²) in [6, 6.07) is 19.6. The lowest BCUT2D eigenvalue weighted by Gasteiger charge is -2.13. The lowest BCUT2D eigenvalue weighted by atomic mass is 10.0. The molecule has 7 nitrogen and oxygen atoms in total. The molecule has 0 saturated heterocycles. The normalized spacial score (nSPS) is 11.1. The number of carbonyl (C=O) groups is 3. The number of aromatic nitrogens is 2. The SMILES string of the molecule is O=C(CSc1nnc(NC(=O)c2ccc(C(=O)c3ccccc3)cc2)s1)Nc1ccccc1C(F)(F)F. The highest BCUT2D eigenvalue weighted by Crippen LogP contribution is 2.34. The molecule has 0 unspecified atom stereocenters. The average Bonchev–Trinajstić information content (AvgIpc) is 3.34. The lowest BCUT2D eigenvalue weighted by molar-refractivity contribution is -0.137. The fourth-order valence-corrected chi connectivity index (χ4v) is 4.72. The first-order chi connectivity index (χ1) is 17.7. The second-order valence-electron chi connectivity index (χ2n) is 7.48. The molecule has 0 fully saturated rings. The van der Waals surface area contributed by atoms with Crippen LogP contribution in [0.5, 0.6) is 0 Å². The molecule has 1 heterocycles. The second kappa shape index (κ2) is 11.4. The third-order valence-electron chi connectivity index (χ3n) is 4.91. The molecule has 0 radical (unpaired) electrons. The number of benzene rings is 3. The molecule has 1 aromatic heterocycles. The Morgan fingerprint density at radius 3 is 2.11 bits per heavy atom. The minimum atomic E-state index is -4.60. The number of halogens is 3. The van der Waals surface area contributed by atoms with Crippen LogP contribution in [0.1, 0.15) is 31.8 Å². The standard InChI is InChI=1S/C25H17F3N4O3S2/c26-25(27,28)18-8-4-5-9-19(18)29-20(33)14-36-24-32-31-23(37-24)30-22(35)17-12-10-16(11-13-17)21(34)15-6-2-1-3-7-15/h1-13H,14H2,(H,29,33)(H,30,31,35). The molecule has 0 spiro atoms. The van der Waals surface area contributed by atoms with Crippen molar-refractivity contribution in [1.82, 2.24) is 10.2 Å². The number of alkyl halides is 3. The van der Waals surface area contributed by atoms with Crippen molar-refractivity contribution in [3.8, 4) is 0 Å². The van der Waals surface area contributed by atoms with E-state index in [0.29, 0.717) is 21.0 Å². The fourth-order valence-electron chi connectivity index (χ4n) is 3.17. The summed E-state index contributed by atoms with van der Waals surface area (Å²) in [5.41, 5.74) is 0.0103. The van der Waals surface area contributed by atoms with Crippen LogP contribution in [0.4, 0.5) is 24.0 Å². The van der Waals surface area contributed by atoms with Crippen molar-refractivity contribution in [2.24, 2.45) is 0 Å². The van der Waals surface area contributed by atoms with Gasteiger partial charge in [0.05, 0.1) is 17.0 Å². The molecule has 0 atom stereocenters. The topological polar surface area (TPSA) is 101 Å². The van der Waals surface area contributed by atoms with Crippen LogP contribution in [-0.4, -0.2) is 33.5 Å². The number of carbonyl (C=O) groups excluding carboxylic acids is 3. The average molecular weight is 543 g/mol. The van der Waals surface area contributed by atoms with Crippen molar-refractivity contribution >= 4 is 51.5 Å². The van der Waals surface area contributed by atoms with Gasteiger partial charge in [0.2, 0.25) is 11.0 Å². The molecule has 0 aliphatic rings. The summed E-state index contributed by atoms with van der Waals surface area (Å²) < 4.78 is 39.6. The Balaban J connectivity index is 1.31. The van der Waals surface area contributed by atoms with Crippen LogP contribution in [-0.2, 0) is 11.0 Å². The van der Waals surface area contributed by atoms with Crippen molar-refractivity contribution in [3.63, 3.8) is 0 Å². The minimum Gasteiger partial charge on any atom is -0.325 e. The number of anilines is 2. The van der Waals surface area contributed by atoms with Gasteiger partial charge in [-0.25, -0.2) is 0 Å². The monoisotopic (exact) mass is 542 g/mol. The van der Waals surface area contributed by atoms with E-state index in [0.717, 1.165) is 29.2 Å². The van der Waals surface area contributed by atoms with Crippen molar-refractivity contribution in [2.75, 3.05) is 16.4 Å². The Kier molecular flexibility index (Phi) is 7.99. The first-order valence-corrected chi connectivity index (χ1v) is 12.4. The first kappa shape index (κ1) is 26.0. The number of hydrogen-bond acceptors (Lipinski definition) is 7. The van der Waals surface area contributed by atoms with E-state index < -0.39 is 23.6 Å². The Bertz CT molecular complexity index is 1430. The maximum atomic E-state index is 13.1. The van der Waals surface area contributed by atoms with E-state index in [1.165, 1.54) is 30.3 Å². The lowest BCUT2D eigenvalue weighted by Crippen LogP contribution is -2.18. The minimum absolute atomic E-state index is 0.163. The third kappa shape index (κ3) is 6.80. The van der Waals surface area contributed by atoms with Crippen LogP contribution in [0.15, 0.2) is 83.2 Å². The zero-order valence-corrected chi connectivity index (χ0v) is 20.4. The summed E-state index contributed by atoms with van der Waals surface area (Å²) in [5, 5.41) is 12.8. The van der Waals surface area contributed by atoms with Gasteiger partial charge in [-0.1, -0.05) is 77.7 Å². The van der Waals surface area contributed by atoms with Crippen LogP contribution < -0.4 is 10.6 Å². The molecule has 4 aromatic rings. The van der Waals surface area contributed by atoms with Crippen LogP contribution in [0, 0.1) is 0 Å². The molecule has 0 bridgehead atoms. The highest BCUT2D eigenvalue weighted by atomic mass is 32.2. The van der Waals surface area contributed by atoms with E-state index in [1.807, 2.05) is 6.07 Å². The van der Waals surface area contributed by atoms with E-state index in [9.17, 15) is 27.6 Å². The van der Waals surface area contributed by atoms with Gasteiger partial charge in [-0.15, -0.1) is 10.2 Å². The van der Waals surface area contributed by atoms with E-state index in [-0.39, 0.29) is 22.4 Å². The maximum absolute atomic E-state index is 13.1. The number of nitrogens with one attached hydrogen (secondary N) is 2. The second-order valence-corrected chi connectivity index (χ2v) is 9.68. The number of thioether (sulfide) groups is 1. The molecule has 4 rings (SSSR count). The van der Waals surface area contributed by atoms with Crippen LogP contribution in [0.2, 0.25) is 0 Å². The summed E-state index contributed by atoms with van der Waals surface area (Å²) >= 11 is 1.98. The Morgan fingerprint density at radius 2 is 1.41 bits per heavy atom. The number of para-hydroxylation sites is 1. The molecular formula is C25H17F3N4O3S2. The molecule has 37 heavy (non-hydrogen) atoms. The highest BCUT2D eigenvalue weighted by molar-refractivity contribution is 8.01. The summed E-state index contributed by atoms with van der Waals surface area (Å²) in [5.74, 6) is -1.48. The molecule has 0 aliphatic carbocycles. The zero-order valence-electron chi connectivity index (χ0n) is 18.8. The Hall–Kier alpha value is -4.03. The van der Waals surface area contributed by atoms with Gasteiger partial charge >= 0.3 is 6.18 Å². The predicted octanol–water partition coefficient (Wildman–Crippen LogP) is 5.77. The van der Waals surface area contributed by atoms with Gasteiger partial charge in [0, 0.05) is 16.7 Å². The number of rotatable bonds is 8. The number of hydrogen-bond donors (Lipinski definition) is 2. The first-order valence-electron chi connectivity index (χ1n) is 10.6. The van der Waals surface area contributed by atoms with E-state index in [4.69, 9.17) is 0 Å². The van der Waals surface area contributed by atoms with Crippen molar-refractivity contribution in [2.45, 2.75) is 10.5 Å². The van der Waals surface area contributed by atoms with Gasteiger partial charge in [-0.2, -0.15) is 13.2 Å². The summed E-state index contributed by atoms with van der Waals surface area (Å²) in [6.07, 6.45) is -4.60. The van der Waals surface area contributed by atoms with Gasteiger partial charge in [0.25, 0.3) is 5.91 Å². The van der Waals surface area contributed by atoms with Crippen LogP contribution in [0.3, 0.4) is 0 Å². The summed E-state index contributed by atoms with van der Waals surface area (Å²) in [4.78, 5) is 37.2. The van der Waals surface area contributed by atoms with Gasteiger partial charge in [0.1, 0.15) is 0 Å². The molecule has 2 amide bonds. The van der Waals surface area contributed by atoms with Crippen LogP contribution >= 0.6 is 23.1 Å². The van der Waals surface area contributed by atoms with E-state index in [2.05, 4.69) is 20.8 Å². The molecular weight excluding hydrogens is 525 g/mol.